The Morgan fingerprint density at radius 2 is 1.96 bits per heavy atom. The molecule has 2 N–H and O–H groups in total. The van der Waals surface area contributed by atoms with E-state index in [0.29, 0.717) is 22.8 Å². The highest BCUT2D eigenvalue weighted by Gasteiger charge is 2.18. The van der Waals surface area contributed by atoms with Crippen LogP contribution in [0.2, 0.25) is 5.15 Å². The maximum atomic E-state index is 6.17. The summed E-state index contributed by atoms with van der Waals surface area (Å²) in [7, 11) is 0. The van der Waals surface area contributed by atoms with E-state index >= 15 is 0 Å². The molecule has 0 spiro atoms. The topological polar surface area (TPSA) is 53.1 Å². The van der Waals surface area contributed by atoms with Crippen LogP contribution in [-0.2, 0) is 6.54 Å². The first kappa shape index (κ1) is 17.9. The lowest BCUT2D eigenvalue weighted by molar-refractivity contribution is 0.436. The van der Waals surface area contributed by atoms with Crippen molar-refractivity contribution in [3.63, 3.8) is 0 Å². The maximum Gasteiger partial charge on any atom is 0.232 e. The fourth-order valence-electron chi connectivity index (χ4n) is 2.79. The van der Waals surface area contributed by atoms with Gasteiger partial charge in [-0.3, -0.25) is 0 Å². The highest BCUT2D eigenvalue weighted by atomic mass is 35.5. The van der Waals surface area contributed by atoms with Gasteiger partial charge in [0, 0.05) is 25.7 Å². The predicted molar refractivity (Wildman–Crippen MR) is 107 cm³/mol. The van der Waals surface area contributed by atoms with Gasteiger partial charge in [0.15, 0.2) is 5.11 Å². The van der Waals surface area contributed by atoms with Crippen LogP contribution in [0.5, 0.6) is 0 Å². The molecule has 2 heterocycles. The first-order chi connectivity index (χ1) is 12.1. The lowest BCUT2D eigenvalue weighted by atomic mass is 9.99. The normalized spacial score (nSPS) is 15.0. The monoisotopic (exact) mass is 375 g/mol. The lowest BCUT2D eigenvalue weighted by Gasteiger charge is -2.31. The van der Waals surface area contributed by atoms with Crippen molar-refractivity contribution in [3.05, 3.63) is 47.1 Å². The Balaban J connectivity index is 1.61. The Hall–Kier alpha value is -1.92. The van der Waals surface area contributed by atoms with E-state index in [9.17, 15) is 0 Å². The minimum absolute atomic E-state index is 0.414. The number of halogens is 1. The molecule has 7 heteroatoms. The van der Waals surface area contributed by atoms with Crippen LogP contribution in [0.4, 0.5) is 11.8 Å². The molecule has 2 aromatic rings. The fraction of sp³-hybridized carbons (Fsp3) is 0.389. The van der Waals surface area contributed by atoms with Crippen molar-refractivity contribution in [1.82, 2.24) is 15.3 Å². The number of aromatic nitrogens is 2. The first-order valence-electron chi connectivity index (χ1n) is 8.48. The minimum atomic E-state index is 0.414. The van der Waals surface area contributed by atoms with E-state index in [4.69, 9.17) is 23.8 Å². The average Bonchev–Trinajstić information content (AvgIpc) is 2.61. The largest absolute Gasteiger partial charge is 0.358 e. The molecule has 0 saturated carbocycles. The lowest BCUT2D eigenvalue weighted by Crippen LogP contribution is -2.34. The van der Waals surface area contributed by atoms with Crippen LogP contribution in [0.3, 0.4) is 0 Å². The van der Waals surface area contributed by atoms with Crippen LogP contribution in [-0.4, -0.2) is 28.2 Å². The van der Waals surface area contributed by atoms with Crippen molar-refractivity contribution in [2.24, 2.45) is 5.92 Å². The van der Waals surface area contributed by atoms with E-state index in [0.717, 1.165) is 30.4 Å². The number of hydrogen-bond donors (Lipinski definition) is 2. The van der Waals surface area contributed by atoms with Gasteiger partial charge in [0.05, 0.1) is 0 Å². The number of thiocarbonyl (C=S) groups is 1. The molecule has 25 heavy (non-hydrogen) atoms. The van der Waals surface area contributed by atoms with Gasteiger partial charge in [-0.1, -0.05) is 48.9 Å². The molecule has 1 saturated heterocycles. The maximum absolute atomic E-state index is 6.17. The Morgan fingerprint density at radius 1 is 1.24 bits per heavy atom. The zero-order chi connectivity index (χ0) is 17.6. The number of hydrogen-bond acceptors (Lipinski definition) is 4. The van der Waals surface area contributed by atoms with E-state index in [1.807, 2.05) is 36.4 Å². The zero-order valence-electron chi connectivity index (χ0n) is 14.2. The summed E-state index contributed by atoms with van der Waals surface area (Å²) in [6.45, 7) is 4.91. The Morgan fingerprint density at radius 3 is 2.68 bits per heavy atom. The van der Waals surface area contributed by atoms with Gasteiger partial charge in [-0.2, -0.15) is 4.98 Å². The number of piperidine rings is 1. The summed E-state index contributed by atoms with van der Waals surface area (Å²) in [6, 6.07) is 11.9. The summed E-state index contributed by atoms with van der Waals surface area (Å²) in [5, 5.41) is 7.07. The molecule has 5 nitrogen and oxygen atoms in total. The van der Waals surface area contributed by atoms with Gasteiger partial charge < -0.3 is 15.5 Å². The molecule has 0 radical (unpaired) electrons. The SMILES string of the molecule is CC1CCN(c2cc(Cl)nc(NC(=S)NCc3ccccc3)n2)CC1. The van der Waals surface area contributed by atoms with Crippen LogP contribution in [0.1, 0.15) is 25.3 Å². The minimum Gasteiger partial charge on any atom is -0.358 e. The fourth-order valence-corrected chi connectivity index (χ4v) is 3.13. The van der Waals surface area contributed by atoms with Crippen LogP contribution in [0.15, 0.2) is 36.4 Å². The highest BCUT2D eigenvalue weighted by molar-refractivity contribution is 7.80. The van der Waals surface area contributed by atoms with Gasteiger partial charge in [0.1, 0.15) is 11.0 Å². The number of rotatable bonds is 4. The molecule has 1 aromatic heterocycles. The van der Waals surface area contributed by atoms with Gasteiger partial charge in [0.25, 0.3) is 0 Å². The Kier molecular flexibility index (Phi) is 6.04. The molecule has 1 aliphatic rings. The van der Waals surface area contributed by atoms with Crippen molar-refractivity contribution in [2.45, 2.75) is 26.3 Å². The molecular weight excluding hydrogens is 354 g/mol. The summed E-state index contributed by atoms with van der Waals surface area (Å²) in [5.41, 5.74) is 1.15. The van der Waals surface area contributed by atoms with Crippen molar-refractivity contribution in [3.8, 4) is 0 Å². The number of anilines is 2. The van der Waals surface area contributed by atoms with E-state index in [1.165, 1.54) is 12.8 Å². The van der Waals surface area contributed by atoms with E-state index < -0.39 is 0 Å². The smallest absolute Gasteiger partial charge is 0.232 e. The third-order valence-electron chi connectivity index (χ3n) is 4.31. The van der Waals surface area contributed by atoms with Crippen LogP contribution >= 0.6 is 23.8 Å². The second-order valence-electron chi connectivity index (χ2n) is 6.34. The standard InChI is InChI=1S/C18H22ClN5S/c1-13-7-9-24(10-8-13)16-11-15(19)21-17(22-16)23-18(25)20-12-14-5-3-2-4-6-14/h2-6,11,13H,7-10,12H2,1H3,(H2,20,21,22,23,25). The molecule has 1 aliphatic heterocycles. The number of nitrogens with one attached hydrogen (secondary N) is 2. The van der Waals surface area contributed by atoms with Gasteiger partial charge in [-0.05, 0) is 36.5 Å². The van der Waals surface area contributed by atoms with E-state index in [2.05, 4.69) is 32.4 Å². The molecule has 1 aromatic carbocycles. The van der Waals surface area contributed by atoms with Gasteiger partial charge in [-0.15, -0.1) is 0 Å². The highest BCUT2D eigenvalue weighted by Crippen LogP contribution is 2.24. The van der Waals surface area contributed by atoms with Crippen molar-refractivity contribution in [2.75, 3.05) is 23.3 Å². The molecule has 0 aliphatic carbocycles. The van der Waals surface area contributed by atoms with Gasteiger partial charge in [0.2, 0.25) is 5.95 Å². The average molecular weight is 376 g/mol. The third-order valence-corrected chi connectivity index (χ3v) is 4.75. The number of nitrogens with zero attached hydrogens (tertiary/aromatic N) is 3. The van der Waals surface area contributed by atoms with Gasteiger partial charge >= 0.3 is 0 Å². The van der Waals surface area contributed by atoms with Gasteiger partial charge in [-0.25, -0.2) is 4.98 Å². The van der Waals surface area contributed by atoms with Crippen LogP contribution in [0.25, 0.3) is 0 Å². The summed E-state index contributed by atoms with van der Waals surface area (Å²) < 4.78 is 0. The van der Waals surface area contributed by atoms with Crippen LogP contribution in [0, 0.1) is 5.92 Å². The molecule has 1 fully saturated rings. The van der Waals surface area contributed by atoms with Crippen molar-refractivity contribution < 1.29 is 0 Å². The Labute approximate surface area is 158 Å². The molecule has 0 bridgehead atoms. The summed E-state index contributed by atoms with van der Waals surface area (Å²) in [5.74, 6) is 2.04. The zero-order valence-corrected chi connectivity index (χ0v) is 15.8. The molecule has 0 unspecified atom stereocenters. The third kappa shape index (κ3) is 5.28. The van der Waals surface area contributed by atoms with Crippen molar-refractivity contribution in [1.29, 1.82) is 0 Å². The summed E-state index contributed by atoms with van der Waals surface area (Å²) in [6.07, 6.45) is 2.34. The quantitative estimate of drug-likeness (QED) is 0.625. The molecule has 0 atom stereocenters. The molecular formula is C18H22ClN5S. The predicted octanol–water partition coefficient (Wildman–Crippen LogP) is 3.85. The van der Waals surface area contributed by atoms with Crippen LogP contribution < -0.4 is 15.5 Å². The van der Waals surface area contributed by atoms with E-state index in [1.54, 1.807) is 0 Å². The Bertz CT molecular complexity index is 717. The summed E-state index contributed by atoms with van der Waals surface area (Å²) in [4.78, 5) is 11.0. The van der Waals surface area contributed by atoms with Crippen molar-refractivity contribution >= 4 is 40.7 Å². The second-order valence-corrected chi connectivity index (χ2v) is 7.13. The summed E-state index contributed by atoms with van der Waals surface area (Å²) >= 11 is 11.5. The van der Waals surface area contributed by atoms with E-state index in [-0.39, 0.29) is 0 Å². The number of benzene rings is 1. The first-order valence-corrected chi connectivity index (χ1v) is 9.27. The second kappa shape index (κ2) is 8.45. The molecule has 3 rings (SSSR count). The molecule has 132 valence electrons. The molecule has 0 amide bonds.